The Morgan fingerprint density at radius 1 is 1.20 bits per heavy atom. The molecule has 1 heterocycles. The summed E-state index contributed by atoms with van der Waals surface area (Å²) in [4.78, 5) is 3.90. The molecule has 0 N–H and O–H groups in total. The van der Waals surface area contributed by atoms with Crippen LogP contribution in [0.15, 0.2) is 36.5 Å². The summed E-state index contributed by atoms with van der Waals surface area (Å²) in [6.07, 6.45) is 2.06. The van der Waals surface area contributed by atoms with E-state index in [1.54, 1.807) is 12.1 Å². The zero-order chi connectivity index (χ0) is 14.4. The summed E-state index contributed by atoms with van der Waals surface area (Å²) in [7, 11) is 0. The Morgan fingerprint density at radius 2 is 1.90 bits per heavy atom. The number of hydrogen-bond acceptors (Lipinski definition) is 3. The molecule has 0 atom stereocenters. The summed E-state index contributed by atoms with van der Waals surface area (Å²) in [5, 5.41) is 0. The summed E-state index contributed by atoms with van der Waals surface area (Å²) in [6.45, 7) is 2.72. The summed E-state index contributed by atoms with van der Waals surface area (Å²) < 4.78 is 24.1. The van der Waals surface area contributed by atoms with E-state index in [2.05, 4.69) is 4.98 Å². The third kappa shape index (κ3) is 3.84. The van der Waals surface area contributed by atoms with Crippen molar-refractivity contribution in [3.05, 3.63) is 47.9 Å². The van der Waals surface area contributed by atoms with E-state index >= 15 is 0 Å². The summed E-state index contributed by atoms with van der Waals surface area (Å²) >= 11 is 5.75. The number of ether oxygens (including phenoxy) is 2. The van der Waals surface area contributed by atoms with Crippen molar-refractivity contribution in [2.24, 2.45) is 0 Å². The van der Waals surface area contributed by atoms with Crippen molar-refractivity contribution < 1.29 is 13.9 Å². The molecule has 0 radical (unpaired) electrons. The summed E-state index contributed by atoms with van der Waals surface area (Å²) in [5.74, 6) is 1.39. The van der Waals surface area contributed by atoms with Gasteiger partial charge >= 0.3 is 0 Å². The first kappa shape index (κ1) is 14.6. The summed E-state index contributed by atoms with van der Waals surface area (Å²) in [6, 6.07) is 8.49. The molecule has 106 valence electrons. The maximum Gasteiger partial charge on any atom is 0.223 e. The van der Waals surface area contributed by atoms with Crippen molar-refractivity contribution in [3.63, 3.8) is 0 Å². The molecular formula is C15H15ClFNO2. The normalized spacial score (nSPS) is 10.3. The van der Waals surface area contributed by atoms with Gasteiger partial charge in [-0.3, -0.25) is 0 Å². The van der Waals surface area contributed by atoms with Crippen LogP contribution in [0.1, 0.15) is 18.9 Å². The first-order valence-electron chi connectivity index (χ1n) is 6.34. The minimum absolute atomic E-state index is 0.137. The van der Waals surface area contributed by atoms with Gasteiger partial charge in [-0.1, -0.05) is 6.92 Å². The lowest BCUT2D eigenvalue weighted by Gasteiger charge is -2.09. The zero-order valence-corrected chi connectivity index (χ0v) is 11.9. The fourth-order valence-electron chi connectivity index (χ4n) is 1.59. The largest absolute Gasteiger partial charge is 0.494 e. The number of pyridine rings is 1. The Morgan fingerprint density at radius 3 is 2.55 bits per heavy atom. The number of benzene rings is 1. The molecule has 5 heteroatoms. The van der Waals surface area contributed by atoms with E-state index < -0.39 is 5.82 Å². The molecule has 0 fully saturated rings. The highest BCUT2D eigenvalue weighted by Crippen LogP contribution is 2.26. The van der Waals surface area contributed by atoms with E-state index in [1.165, 1.54) is 6.07 Å². The van der Waals surface area contributed by atoms with Crippen LogP contribution in [0.25, 0.3) is 0 Å². The Hall–Kier alpha value is -1.81. The molecule has 0 unspecified atom stereocenters. The number of alkyl halides is 1. The standard InChI is InChI=1S/C15H15ClFNO2/c1-2-7-19-13-3-5-14(6-4-13)20-15-11(9-16)8-12(17)10-18-15/h3-6,8,10H,2,7,9H2,1H3. The first-order valence-corrected chi connectivity index (χ1v) is 6.87. The quantitative estimate of drug-likeness (QED) is 0.733. The van der Waals surface area contributed by atoms with Crippen LogP contribution in [0.5, 0.6) is 17.4 Å². The van der Waals surface area contributed by atoms with Crippen molar-refractivity contribution in [3.8, 4) is 17.4 Å². The number of hydrogen-bond donors (Lipinski definition) is 0. The van der Waals surface area contributed by atoms with Crippen molar-refractivity contribution in [2.45, 2.75) is 19.2 Å². The average Bonchev–Trinajstić information content (AvgIpc) is 2.48. The topological polar surface area (TPSA) is 31.4 Å². The molecule has 1 aromatic heterocycles. The van der Waals surface area contributed by atoms with Gasteiger partial charge in [-0.2, -0.15) is 0 Å². The van der Waals surface area contributed by atoms with Gasteiger partial charge in [0.1, 0.15) is 17.3 Å². The van der Waals surface area contributed by atoms with E-state index in [1.807, 2.05) is 19.1 Å². The van der Waals surface area contributed by atoms with E-state index in [9.17, 15) is 4.39 Å². The predicted molar refractivity (Wildman–Crippen MR) is 76.1 cm³/mol. The van der Waals surface area contributed by atoms with Crippen molar-refractivity contribution in [1.29, 1.82) is 0 Å². The molecule has 0 saturated carbocycles. The van der Waals surface area contributed by atoms with Crippen LogP contribution in [-0.4, -0.2) is 11.6 Å². The second-order valence-corrected chi connectivity index (χ2v) is 4.44. The minimum atomic E-state index is -0.434. The van der Waals surface area contributed by atoms with Gasteiger partial charge in [-0.15, -0.1) is 11.6 Å². The Balaban J connectivity index is 2.10. The van der Waals surface area contributed by atoms with Crippen LogP contribution in [0, 0.1) is 5.82 Å². The van der Waals surface area contributed by atoms with Crippen LogP contribution >= 0.6 is 11.6 Å². The highest BCUT2D eigenvalue weighted by Gasteiger charge is 2.07. The number of aromatic nitrogens is 1. The van der Waals surface area contributed by atoms with Crippen LogP contribution in [-0.2, 0) is 5.88 Å². The molecule has 0 spiro atoms. The van der Waals surface area contributed by atoms with E-state index in [0.717, 1.165) is 18.4 Å². The third-order valence-corrected chi connectivity index (χ3v) is 2.83. The van der Waals surface area contributed by atoms with Gasteiger partial charge in [-0.25, -0.2) is 9.37 Å². The Kier molecular flexibility index (Phi) is 5.18. The third-order valence-electron chi connectivity index (χ3n) is 2.55. The molecule has 0 aliphatic heterocycles. The van der Waals surface area contributed by atoms with Crippen LogP contribution in [0.4, 0.5) is 4.39 Å². The molecule has 1 aromatic carbocycles. The van der Waals surface area contributed by atoms with Crippen LogP contribution in [0.2, 0.25) is 0 Å². The molecule has 0 aliphatic carbocycles. The maximum atomic E-state index is 13.1. The molecule has 2 aromatic rings. The highest BCUT2D eigenvalue weighted by molar-refractivity contribution is 6.17. The van der Waals surface area contributed by atoms with Crippen LogP contribution < -0.4 is 9.47 Å². The van der Waals surface area contributed by atoms with Gasteiger partial charge in [-0.05, 0) is 36.8 Å². The molecule has 0 aliphatic rings. The fourth-order valence-corrected chi connectivity index (χ4v) is 1.78. The van der Waals surface area contributed by atoms with E-state index in [-0.39, 0.29) is 5.88 Å². The monoisotopic (exact) mass is 295 g/mol. The van der Waals surface area contributed by atoms with Crippen molar-refractivity contribution in [1.82, 2.24) is 4.98 Å². The van der Waals surface area contributed by atoms with Crippen molar-refractivity contribution >= 4 is 11.6 Å². The van der Waals surface area contributed by atoms with Crippen LogP contribution in [0.3, 0.4) is 0 Å². The van der Waals surface area contributed by atoms with Gasteiger partial charge in [0, 0.05) is 5.56 Å². The SMILES string of the molecule is CCCOc1ccc(Oc2ncc(F)cc2CCl)cc1. The summed E-state index contributed by atoms with van der Waals surface area (Å²) in [5.41, 5.74) is 0.512. The lowest BCUT2D eigenvalue weighted by molar-refractivity contribution is 0.317. The molecule has 0 bridgehead atoms. The smallest absolute Gasteiger partial charge is 0.223 e. The Labute approximate surface area is 122 Å². The van der Waals surface area contributed by atoms with Gasteiger partial charge < -0.3 is 9.47 Å². The minimum Gasteiger partial charge on any atom is -0.494 e. The zero-order valence-electron chi connectivity index (χ0n) is 11.1. The maximum absolute atomic E-state index is 13.1. The van der Waals surface area contributed by atoms with E-state index in [0.29, 0.717) is 23.8 Å². The van der Waals surface area contributed by atoms with Gasteiger partial charge in [0.25, 0.3) is 0 Å². The first-order chi connectivity index (χ1) is 9.72. The second kappa shape index (κ2) is 7.10. The number of nitrogens with zero attached hydrogens (tertiary/aromatic N) is 1. The predicted octanol–water partition coefficient (Wildman–Crippen LogP) is 4.54. The molecule has 2 rings (SSSR count). The van der Waals surface area contributed by atoms with Gasteiger partial charge in [0.05, 0.1) is 18.7 Å². The molecule has 0 amide bonds. The Bertz CT molecular complexity index is 560. The second-order valence-electron chi connectivity index (χ2n) is 4.17. The van der Waals surface area contributed by atoms with Gasteiger partial charge in [0.15, 0.2) is 0 Å². The lowest BCUT2D eigenvalue weighted by Crippen LogP contribution is -1.96. The fraction of sp³-hybridized carbons (Fsp3) is 0.267. The molecule has 3 nitrogen and oxygen atoms in total. The van der Waals surface area contributed by atoms with Gasteiger partial charge in [0.2, 0.25) is 5.88 Å². The molecular weight excluding hydrogens is 281 g/mol. The van der Waals surface area contributed by atoms with Crippen molar-refractivity contribution in [2.75, 3.05) is 6.61 Å². The highest BCUT2D eigenvalue weighted by atomic mass is 35.5. The lowest BCUT2D eigenvalue weighted by atomic mass is 10.3. The average molecular weight is 296 g/mol. The number of rotatable bonds is 6. The molecule has 20 heavy (non-hydrogen) atoms. The number of halogens is 2. The van der Waals surface area contributed by atoms with E-state index in [4.69, 9.17) is 21.1 Å². The molecule has 0 saturated heterocycles.